The van der Waals surface area contributed by atoms with E-state index in [-0.39, 0.29) is 0 Å². The predicted molar refractivity (Wildman–Crippen MR) is 79.0 cm³/mol. The van der Waals surface area contributed by atoms with Crippen LogP contribution in [0.4, 0.5) is 0 Å². The summed E-state index contributed by atoms with van der Waals surface area (Å²) < 4.78 is 0. The fourth-order valence-electron chi connectivity index (χ4n) is 1.79. The molecule has 0 saturated heterocycles. The number of aliphatic hydroxyl groups excluding tert-OH is 1. The van der Waals surface area contributed by atoms with Crippen molar-refractivity contribution in [2.24, 2.45) is 0 Å². The molecule has 2 aromatic rings. The van der Waals surface area contributed by atoms with Gasteiger partial charge in [-0.2, -0.15) is 0 Å². The van der Waals surface area contributed by atoms with E-state index in [9.17, 15) is 5.11 Å². The molecular formula is C17H15ClO. The van der Waals surface area contributed by atoms with E-state index in [0.717, 1.165) is 12.8 Å². The molecule has 1 nitrogen and oxygen atoms in total. The monoisotopic (exact) mass is 270 g/mol. The van der Waals surface area contributed by atoms with Gasteiger partial charge in [-0.15, -0.1) is 0 Å². The van der Waals surface area contributed by atoms with Gasteiger partial charge in [-0.05, 0) is 18.1 Å². The molecule has 0 spiro atoms. The molecule has 19 heavy (non-hydrogen) atoms. The fraction of sp³-hybridized carbons (Fsp3) is 0.176. The second-order valence-corrected chi connectivity index (χ2v) is 4.64. The molecule has 1 N–H and O–H groups in total. The van der Waals surface area contributed by atoms with Crippen LogP contribution in [0.2, 0.25) is 5.02 Å². The summed E-state index contributed by atoms with van der Waals surface area (Å²) in [6.45, 7) is 0. The number of aryl methyl sites for hydroxylation is 1. The van der Waals surface area contributed by atoms with Crippen molar-refractivity contribution in [3.8, 4) is 11.8 Å². The quantitative estimate of drug-likeness (QED) is 0.836. The van der Waals surface area contributed by atoms with E-state index in [2.05, 4.69) is 24.0 Å². The summed E-state index contributed by atoms with van der Waals surface area (Å²) >= 11 is 6.00. The average Bonchev–Trinajstić information content (AvgIpc) is 2.45. The van der Waals surface area contributed by atoms with Crippen LogP contribution in [-0.2, 0) is 6.42 Å². The SMILES string of the molecule is O[C@@H](C#CCCc1ccccc1)c1ccccc1Cl. The zero-order chi connectivity index (χ0) is 13.5. The molecule has 0 fully saturated rings. The van der Waals surface area contributed by atoms with Gasteiger partial charge in [0.15, 0.2) is 0 Å². The van der Waals surface area contributed by atoms with Gasteiger partial charge >= 0.3 is 0 Å². The molecule has 0 aromatic heterocycles. The van der Waals surface area contributed by atoms with E-state index in [1.165, 1.54) is 5.56 Å². The number of hydrogen-bond donors (Lipinski definition) is 1. The number of halogens is 1. The summed E-state index contributed by atoms with van der Waals surface area (Å²) in [5.74, 6) is 5.83. The maximum absolute atomic E-state index is 9.94. The summed E-state index contributed by atoms with van der Waals surface area (Å²) in [7, 11) is 0. The highest BCUT2D eigenvalue weighted by molar-refractivity contribution is 6.31. The van der Waals surface area contributed by atoms with E-state index in [4.69, 9.17) is 11.6 Å². The molecule has 2 aromatic carbocycles. The highest BCUT2D eigenvalue weighted by Gasteiger charge is 2.06. The van der Waals surface area contributed by atoms with Crippen LogP contribution in [0.1, 0.15) is 23.7 Å². The molecule has 2 rings (SSSR count). The van der Waals surface area contributed by atoms with Crippen molar-refractivity contribution in [1.82, 2.24) is 0 Å². The normalized spacial score (nSPS) is 11.5. The van der Waals surface area contributed by atoms with Crippen LogP contribution in [0.15, 0.2) is 54.6 Å². The maximum Gasteiger partial charge on any atom is 0.141 e. The summed E-state index contributed by atoms with van der Waals surface area (Å²) in [6, 6.07) is 17.4. The summed E-state index contributed by atoms with van der Waals surface area (Å²) in [5.41, 5.74) is 1.92. The Morgan fingerprint density at radius 2 is 1.68 bits per heavy atom. The molecule has 0 unspecified atom stereocenters. The summed E-state index contributed by atoms with van der Waals surface area (Å²) in [5, 5.41) is 10.5. The van der Waals surface area contributed by atoms with Crippen molar-refractivity contribution in [3.05, 3.63) is 70.7 Å². The first-order valence-electron chi connectivity index (χ1n) is 6.22. The lowest BCUT2D eigenvalue weighted by atomic mass is 10.1. The van der Waals surface area contributed by atoms with Crippen LogP contribution in [0.5, 0.6) is 0 Å². The van der Waals surface area contributed by atoms with Crippen LogP contribution in [0, 0.1) is 11.8 Å². The maximum atomic E-state index is 9.94. The van der Waals surface area contributed by atoms with E-state index in [0.29, 0.717) is 10.6 Å². The lowest BCUT2D eigenvalue weighted by Gasteiger charge is -2.05. The van der Waals surface area contributed by atoms with Gasteiger partial charge in [-0.3, -0.25) is 0 Å². The van der Waals surface area contributed by atoms with Gasteiger partial charge in [-0.25, -0.2) is 0 Å². The standard InChI is InChI=1S/C17H15ClO/c18-16-12-6-5-11-15(16)17(19)13-7-4-10-14-8-2-1-3-9-14/h1-3,5-6,8-9,11-12,17,19H,4,10H2/t17-/m0/s1. The number of hydrogen-bond acceptors (Lipinski definition) is 1. The van der Waals surface area contributed by atoms with Crippen LogP contribution in [0.25, 0.3) is 0 Å². The third-order valence-corrected chi connectivity index (χ3v) is 3.16. The van der Waals surface area contributed by atoms with Crippen LogP contribution >= 0.6 is 11.6 Å². The molecule has 0 radical (unpaired) electrons. The number of benzene rings is 2. The first-order valence-corrected chi connectivity index (χ1v) is 6.60. The van der Waals surface area contributed by atoms with E-state index >= 15 is 0 Å². The minimum absolute atomic E-state index is 0.548. The van der Waals surface area contributed by atoms with Crippen LogP contribution in [0.3, 0.4) is 0 Å². The Balaban J connectivity index is 1.92. The molecule has 0 amide bonds. The molecule has 0 aliphatic carbocycles. The number of rotatable bonds is 3. The third-order valence-electron chi connectivity index (χ3n) is 2.82. The highest BCUT2D eigenvalue weighted by Crippen LogP contribution is 2.21. The van der Waals surface area contributed by atoms with Crippen molar-refractivity contribution in [2.75, 3.05) is 0 Å². The predicted octanol–water partition coefficient (Wildman–Crippen LogP) is 4.01. The summed E-state index contributed by atoms with van der Waals surface area (Å²) in [4.78, 5) is 0. The Morgan fingerprint density at radius 3 is 2.42 bits per heavy atom. The van der Waals surface area contributed by atoms with Gasteiger partial charge in [0, 0.05) is 17.0 Å². The summed E-state index contributed by atoms with van der Waals surface area (Å²) in [6.07, 6.45) is 0.804. The topological polar surface area (TPSA) is 20.2 Å². The smallest absolute Gasteiger partial charge is 0.141 e. The molecule has 0 heterocycles. The van der Waals surface area contributed by atoms with Gasteiger partial charge in [0.2, 0.25) is 0 Å². The Labute approximate surface area is 118 Å². The van der Waals surface area contributed by atoms with E-state index in [1.807, 2.05) is 30.3 Å². The largest absolute Gasteiger partial charge is 0.376 e. The van der Waals surface area contributed by atoms with Crippen molar-refractivity contribution in [1.29, 1.82) is 0 Å². The minimum Gasteiger partial charge on any atom is -0.376 e. The lowest BCUT2D eigenvalue weighted by molar-refractivity contribution is 0.238. The van der Waals surface area contributed by atoms with Crippen molar-refractivity contribution < 1.29 is 5.11 Å². The van der Waals surface area contributed by atoms with Gasteiger partial charge in [0.25, 0.3) is 0 Å². The van der Waals surface area contributed by atoms with Gasteiger partial charge in [0.05, 0.1) is 0 Å². The fourth-order valence-corrected chi connectivity index (χ4v) is 2.03. The van der Waals surface area contributed by atoms with E-state index in [1.54, 1.807) is 12.1 Å². The molecule has 0 bridgehead atoms. The zero-order valence-electron chi connectivity index (χ0n) is 10.5. The average molecular weight is 271 g/mol. The highest BCUT2D eigenvalue weighted by atomic mass is 35.5. The molecule has 0 aliphatic heterocycles. The minimum atomic E-state index is -0.815. The Kier molecular flexibility index (Phi) is 5.03. The second-order valence-electron chi connectivity index (χ2n) is 4.23. The Bertz CT molecular complexity index is 581. The third kappa shape index (κ3) is 4.13. The Morgan fingerprint density at radius 1 is 1.00 bits per heavy atom. The molecule has 96 valence electrons. The van der Waals surface area contributed by atoms with Gasteiger partial charge < -0.3 is 5.11 Å². The zero-order valence-corrected chi connectivity index (χ0v) is 11.3. The van der Waals surface area contributed by atoms with Crippen LogP contribution in [-0.4, -0.2) is 5.11 Å². The lowest BCUT2D eigenvalue weighted by Crippen LogP contribution is -1.94. The van der Waals surface area contributed by atoms with Gasteiger partial charge in [0.1, 0.15) is 6.10 Å². The van der Waals surface area contributed by atoms with E-state index < -0.39 is 6.10 Å². The van der Waals surface area contributed by atoms with Crippen molar-refractivity contribution in [3.63, 3.8) is 0 Å². The molecule has 2 heteroatoms. The van der Waals surface area contributed by atoms with Gasteiger partial charge in [-0.1, -0.05) is 72.0 Å². The van der Waals surface area contributed by atoms with Crippen molar-refractivity contribution in [2.45, 2.75) is 18.9 Å². The first-order chi connectivity index (χ1) is 9.27. The molecule has 0 aliphatic rings. The molecule has 0 saturated carbocycles. The first kappa shape index (κ1) is 13.7. The Hall–Kier alpha value is -1.75. The molecular weight excluding hydrogens is 256 g/mol. The van der Waals surface area contributed by atoms with Crippen LogP contribution < -0.4 is 0 Å². The second kappa shape index (κ2) is 6.99. The number of aliphatic hydroxyl groups is 1. The molecule has 1 atom stereocenters. The van der Waals surface area contributed by atoms with Crippen molar-refractivity contribution >= 4 is 11.6 Å².